The number of carbonyl (C=O) groups excluding carboxylic acids is 1. The molecule has 0 unspecified atom stereocenters. The van der Waals surface area contributed by atoms with Crippen LogP contribution in [0.25, 0.3) is 0 Å². The number of carbonyl (C=O) groups is 1. The Labute approximate surface area is 123 Å². The van der Waals surface area contributed by atoms with E-state index in [0.717, 1.165) is 0 Å². The molecule has 0 spiro atoms. The summed E-state index contributed by atoms with van der Waals surface area (Å²) < 4.78 is 10.9. The third-order valence-corrected chi connectivity index (χ3v) is 2.62. The average molecular weight is 249 g/mol. The summed E-state index contributed by atoms with van der Waals surface area (Å²) in [6.45, 7) is 15.7. The van der Waals surface area contributed by atoms with Gasteiger partial charge in [0.15, 0.2) is 0 Å². The summed E-state index contributed by atoms with van der Waals surface area (Å²) in [4.78, 5) is 13.8. The van der Waals surface area contributed by atoms with Gasteiger partial charge in [-0.05, 0) is 27.7 Å². The van der Waals surface area contributed by atoms with Crippen LogP contribution in [-0.2, 0) is 9.47 Å². The summed E-state index contributed by atoms with van der Waals surface area (Å²) in [6.07, 6.45) is -0.354. The summed E-state index contributed by atoms with van der Waals surface area (Å²) in [7, 11) is 0. The molecule has 0 atom stereocenters. The Bertz CT molecular complexity index is 292. The third-order valence-electron chi connectivity index (χ3n) is 2.62. The molecule has 0 aromatic carbocycles. The predicted octanol–water partition coefficient (Wildman–Crippen LogP) is 0.182. The molecule has 4 nitrogen and oxygen atoms in total. The van der Waals surface area contributed by atoms with E-state index in [1.54, 1.807) is 11.5 Å². The van der Waals surface area contributed by atoms with Crippen LogP contribution in [0.4, 0.5) is 4.79 Å². The number of ether oxygens (including phenoxy) is 2. The molecule has 0 radical (unpaired) electrons. The Kier molecular flexibility index (Phi) is 5.39. The van der Waals surface area contributed by atoms with Gasteiger partial charge >= 0.3 is 25.0 Å². The maximum absolute atomic E-state index is 12.1. The quantitative estimate of drug-likeness (QED) is 0.491. The van der Waals surface area contributed by atoms with Crippen LogP contribution in [0.5, 0.6) is 0 Å². The van der Waals surface area contributed by atoms with Gasteiger partial charge < -0.3 is 9.47 Å². The first-order valence-corrected chi connectivity index (χ1v) is 5.95. The predicted molar refractivity (Wildman–Crippen MR) is 66.2 cm³/mol. The van der Waals surface area contributed by atoms with Gasteiger partial charge in [-0.1, -0.05) is 20.8 Å². The minimum Gasteiger partial charge on any atom is -0.620 e. The molecular weight excluding hydrogens is 225 g/mol. The zero-order valence-electron chi connectivity index (χ0n) is 13.0. The van der Waals surface area contributed by atoms with Crippen molar-refractivity contribution in [3.05, 3.63) is 6.61 Å². The Morgan fingerprint density at radius 3 is 2.11 bits per heavy atom. The van der Waals surface area contributed by atoms with Crippen molar-refractivity contribution in [3.63, 3.8) is 0 Å². The second-order valence-electron chi connectivity index (χ2n) is 6.75. The normalized spacial score (nSPS) is 21.4. The molecule has 0 aliphatic carbocycles. The maximum atomic E-state index is 12.1. The first kappa shape index (κ1) is 17.8. The number of amides is 1. The molecule has 5 heteroatoms. The summed E-state index contributed by atoms with van der Waals surface area (Å²) in [6, 6.07) is 0. The van der Waals surface area contributed by atoms with Crippen molar-refractivity contribution in [2.45, 2.75) is 59.7 Å². The number of hydrogen-bond donors (Lipinski definition) is 0. The van der Waals surface area contributed by atoms with Gasteiger partial charge in [-0.25, -0.2) is 4.79 Å². The van der Waals surface area contributed by atoms with Gasteiger partial charge in [0.05, 0.1) is 12.1 Å². The van der Waals surface area contributed by atoms with Gasteiger partial charge in [0, 0.05) is 0 Å². The molecule has 1 heterocycles. The Hall–Kier alpha value is -0.173. The molecule has 0 bridgehead atoms. The van der Waals surface area contributed by atoms with Gasteiger partial charge in [0.25, 0.3) is 0 Å². The van der Waals surface area contributed by atoms with Crippen LogP contribution in [0, 0.1) is 12.0 Å². The van der Waals surface area contributed by atoms with Crippen molar-refractivity contribution in [2.75, 3.05) is 6.61 Å². The molecular formula is C13H24LiNO3. The third kappa shape index (κ3) is 4.19. The molecule has 0 aromatic heterocycles. The van der Waals surface area contributed by atoms with Crippen molar-refractivity contribution in [2.24, 2.45) is 5.41 Å². The first-order chi connectivity index (χ1) is 7.46. The van der Waals surface area contributed by atoms with Crippen LogP contribution >= 0.6 is 0 Å². The van der Waals surface area contributed by atoms with Crippen LogP contribution in [-0.4, -0.2) is 28.9 Å². The fourth-order valence-electron chi connectivity index (χ4n) is 1.96. The van der Waals surface area contributed by atoms with Gasteiger partial charge in [0.2, 0.25) is 0 Å². The minimum absolute atomic E-state index is 0. The summed E-state index contributed by atoms with van der Waals surface area (Å²) in [5.74, 6) is 0. The zero-order chi connectivity index (χ0) is 13.5. The van der Waals surface area contributed by atoms with E-state index in [4.69, 9.17) is 9.47 Å². The Morgan fingerprint density at radius 1 is 1.28 bits per heavy atom. The smallest absolute Gasteiger partial charge is 0.620 e. The molecule has 100 valence electrons. The van der Waals surface area contributed by atoms with E-state index in [1.807, 2.05) is 48.5 Å². The summed E-state index contributed by atoms with van der Waals surface area (Å²) >= 11 is 0. The molecule has 1 aliphatic heterocycles. The minimum atomic E-state index is -0.619. The van der Waals surface area contributed by atoms with E-state index in [2.05, 4.69) is 0 Å². The Morgan fingerprint density at radius 2 is 1.78 bits per heavy atom. The van der Waals surface area contributed by atoms with Crippen molar-refractivity contribution in [1.29, 1.82) is 0 Å². The number of rotatable bonds is 1. The van der Waals surface area contributed by atoms with Crippen LogP contribution in [0.2, 0.25) is 0 Å². The first-order valence-electron chi connectivity index (χ1n) is 5.95. The summed E-state index contributed by atoms with van der Waals surface area (Å²) in [5.41, 5.74) is -1.11. The zero-order valence-corrected chi connectivity index (χ0v) is 13.0. The molecule has 0 N–H and O–H groups in total. The fourth-order valence-corrected chi connectivity index (χ4v) is 1.96. The maximum Gasteiger partial charge on any atom is 1.00 e. The topological polar surface area (TPSA) is 38.8 Å². The van der Waals surface area contributed by atoms with Crippen LogP contribution in [0.15, 0.2) is 0 Å². The van der Waals surface area contributed by atoms with E-state index < -0.39 is 5.72 Å². The van der Waals surface area contributed by atoms with Gasteiger partial charge in [-0.3, -0.25) is 4.90 Å². The van der Waals surface area contributed by atoms with Crippen LogP contribution in [0.1, 0.15) is 48.5 Å². The average Bonchev–Trinajstić information content (AvgIpc) is 2.31. The molecule has 0 saturated carbocycles. The van der Waals surface area contributed by atoms with E-state index >= 15 is 0 Å². The molecule has 1 fully saturated rings. The van der Waals surface area contributed by atoms with Crippen molar-refractivity contribution in [3.8, 4) is 0 Å². The van der Waals surface area contributed by atoms with Crippen LogP contribution < -0.4 is 18.9 Å². The number of nitrogens with zero attached hydrogens (tertiary/aromatic N) is 1. The fraction of sp³-hybridized carbons (Fsp3) is 0.846. The monoisotopic (exact) mass is 249 g/mol. The van der Waals surface area contributed by atoms with Crippen molar-refractivity contribution >= 4 is 6.09 Å². The largest absolute Gasteiger partial charge is 1.00 e. The van der Waals surface area contributed by atoms with E-state index in [0.29, 0.717) is 6.61 Å². The van der Waals surface area contributed by atoms with E-state index in [1.165, 1.54) is 0 Å². The standard InChI is InChI=1S/C13H24NO3.Li/c1-11(2,3)8-16-10(15)14-12(4,5)9-17-13(14,6)7;/h8H,9H2,1-7H3;/q-1;+1. The van der Waals surface area contributed by atoms with Crippen molar-refractivity contribution in [1.82, 2.24) is 4.90 Å². The van der Waals surface area contributed by atoms with Gasteiger partial charge in [-0.2, -0.15) is 6.61 Å². The molecule has 1 amide bonds. The molecule has 0 aromatic rings. The van der Waals surface area contributed by atoms with E-state index in [9.17, 15) is 4.79 Å². The number of hydrogen-bond acceptors (Lipinski definition) is 3. The molecule has 1 aliphatic rings. The second kappa shape index (κ2) is 5.44. The van der Waals surface area contributed by atoms with Gasteiger partial charge in [-0.15, -0.1) is 5.41 Å². The Balaban J connectivity index is 0.00000289. The van der Waals surface area contributed by atoms with Crippen molar-refractivity contribution < 1.29 is 33.1 Å². The molecule has 1 saturated heterocycles. The van der Waals surface area contributed by atoms with Gasteiger partial charge in [0.1, 0.15) is 5.72 Å². The summed E-state index contributed by atoms with van der Waals surface area (Å²) in [5, 5.41) is 0. The second-order valence-corrected chi connectivity index (χ2v) is 6.75. The SMILES string of the molecule is CC(C)(C)[CH-]OC(=O)N1C(C)(C)COC1(C)C.[Li+]. The molecule has 1 rings (SSSR count). The molecule has 18 heavy (non-hydrogen) atoms. The van der Waals surface area contributed by atoms with E-state index in [-0.39, 0.29) is 35.9 Å². The van der Waals surface area contributed by atoms with Crippen LogP contribution in [0.3, 0.4) is 0 Å².